The molecule has 1 aromatic rings. The van der Waals surface area contributed by atoms with Crippen molar-refractivity contribution in [3.8, 4) is 0 Å². The van der Waals surface area contributed by atoms with Gasteiger partial charge in [0, 0.05) is 18.4 Å². The quantitative estimate of drug-likeness (QED) is 0.808. The van der Waals surface area contributed by atoms with Crippen LogP contribution in [-0.2, 0) is 9.59 Å². The summed E-state index contributed by atoms with van der Waals surface area (Å²) in [4.78, 5) is 23.6. The summed E-state index contributed by atoms with van der Waals surface area (Å²) in [7, 11) is 0. The SMILES string of the molecule is CC(=O)Nc1cc(Cl)ccc1NC(=O)CC(C)C1CCCCC1. The van der Waals surface area contributed by atoms with Crippen LogP contribution in [-0.4, -0.2) is 11.8 Å². The number of amides is 2. The molecule has 0 radical (unpaired) electrons. The van der Waals surface area contributed by atoms with E-state index < -0.39 is 0 Å². The molecule has 0 aliphatic heterocycles. The molecule has 0 spiro atoms. The van der Waals surface area contributed by atoms with Gasteiger partial charge in [-0.1, -0.05) is 50.6 Å². The average Bonchev–Trinajstić information content (AvgIpc) is 2.50. The maximum atomic E-state index is 12.3. The van der Waals surface area contributed by atoms with Crippen molar-refractivity contribution >= 4 is 34.8 Å². The van der Waals surface area contributed by atoms with Gasteiger partial charge in [-0.3, -0.25) is 9.59 Å². The number of carbonyl (C=O) groups is 2. The van der Waals surface area contributed by atoms with Crippen molar-refractivity contribution in [2.75, 3.05) is 10.6 Å². The molecule has 2 N–H and O–H groups in total. The van der Waals surface area contributed by atoms with Gasteiger partial charge in [-0.05, 0) is 30.0 Å². The summed E-state index contributed by atoms with van der Waals surface area (Å²) in [6, 6.07) is 5.06. The third-order valence-corrected chi connectivity index (χ3v) is 4.76. The molecule has 1 aliphatic rings. The van der Waals surface area contributed by atoms with Crippen LogP contribution in [0.1, 0.15) is 52.4 Å². The van der Waals surface area contributed by atoms with Crippen LogP contribution in [0.3, 0.4) is 0 Å². The van der Waals surface area contributed by atoms with E-state index in [-0.39, 0.29) is 11.8 Å². The van der Waals surface area contributed by atoms with Gasteiger partial charge in [0.25, 0.3) is 0 Å². The summed E-state index contributed by atoms with van der Waals surface area (Å²) in [5.74, 6) is 0.816. The van der Waals surface area contributed by atoms with E-state index in [0.717, 1.165) is 0 Å². The molecule has 0 aromatic heterocycles. The minimum absolute atomic E-state index is 0.0167. The first kappa shape index (κ1) is 17.8. The number of nitrogens with one attached hydrogen (secondary N) is 2. The minimum Gasteiger partial charge on any atom is -0.324 e. The van der Waals surface area contributed by atoms with Crippen LogP contribution >= 0.6 is 11.6 Å². The van der Waals surface area contributed by atoms with Crippen molar-refractivity contribution in [1.82, 2.24) is 0 Å². The first-order chi connectivity index (χ1) is 11.0. The molecule has 0 heterocycles. The molecule has 4 nitrogen and oxygen atoms in total. The highest BCUT2D eigenvalue weighted by molar-refractivity contribution is 6.31. The van der Waals surface area contributed by atoms with E-state index in [0.29, 0.717) is 34.7 Å². The van der Waals surface area contributed by atoms with Crippen molar-refractivity contribution in [1.29, 1.82) is 0 Å². The number of halogens is 1. The highest BCUT2D eigenvalue weighted by atomic mass is 35.5. The molecular weight excluding hydrogens is 312 g/mol. The minimum atomic E-state index is -0.196. The molecule has 1 aliphatic carbocycles. The van der Waals surface area contributed by atoms with Crippen LogP contribution in [0.4, 0.5) is 11.4 Å². The van der Waals surface area contributed by atoms with Crippen LogP contribution < -0.4 is 10.6 Å². The van der Waals surface area contributed by atoms with E-state index in [9.17, 15) is 9.59 Å². The van der Waals surface area contributed by atoms with Gasteiger partial charge < -0.3 is 10.6 Å². The predicted molar refractivity (Wildman–Crippen MR) is 94.7 cm³/mol. The third-order valence-electron chi connectivity index (χ3n) is 4.53. The number of anilines is 2. The normalized spacial score (nSPS) is 16.7. The summed E-state index contributed by atoms with van der Waals surface area (Å²) in [5, 5.41) is 6.12. The molecule has 1 aromatic carbocycles. The molecule has 2 rings (SSSR count). The fraction of sp³-hybridized carbons (Fsp3) is 0.556. The van der Waals surface area contributed by atoms with E-state index in [1.54, 1.807) is 18.2 Å². The highest BCUT2D eigenvalue weighted by Crippen LogP contribution is 2.32. The number of benzene rings is 1. The number of rotatable bonds is 5. The zero-order valence-electron chi connectivity index (χ0n) is 13.8. The molecule has 126 valence electrons. The molecule has 23 heavy (non-hydrogen) atoms. The lowest BCUT2D eigenvalue weighted by Crippen LogP contribution is -2.22. The van der Waals surface area contributed by atoms with Crippen molar-refractivity contribution in [2.24, 2.45) is 11.8 Å². The van der Waals surface area contributed by atoms with Crippen molar-refractivity contribution in [3.05, 3.63) is 23.2 Å². The Morgan fingerprint density at radius 1 is 1.17 bits per heavy atom. The molecule has 2 amide bonds. The Morgan fingerprint density at radius 3 is 2.52 bits per heavy atom. The number of carbonyl (C=O) groups excluding carboxylic acids is 2. The van der Waals surface area contributed by atoms with Gasteiger partial charge >= 0.3 is 0 Å². The maximum Gasteiger partial charge on any atom is 0.224 e. The van der Waals surface area contributed by atoms with Crippen LogP contribution in [0, 0.1) is 11.8 Å². The zero-order valence-corrected chi connectivity index (χ0v) is 14.6. The van der Waals surface area contributed by atoms with Gasteiger partial charge in [-0.25, -0.2) is 0 Å². The Hall–Kier alpha value is -1.55. The van der Waals surface area contributed by atoms with E-state index in [1.807, 2.05) is 0 Å². The first-order valence-electron chi connectivity index (χ1n) is 8.32. The van der Waals surface area contributed by atoms with Crippen LogP contribution in [0.15, 0.2) is 18.2 Å². The van der Waals surface area contributed by atoms with Crippen molar-refractivity contribution in [2.45, 2.75) is 52.4 Å². The van der Waals surface area contributed by atoms with Gasteiger partial charge in [-0.2, -0.15) is 0 Å². The number of hydrogen-bond acceptors (Lipinski definition) is 2. The summed E-state index contributed by atoms with van der Waals surface area (Å²) in [6.07, 6.45) is 6.84. The topological polar surface area (TPSA) is 58.2 Å². The lowest BCUT2D eigenvalue weighted by Gasteiger charge is -2.27. The predicted octanol–water partition coefficient (Wildman–Crippen LogP) is 4.84. The summed E-state index contributed by atoms with van der Waals surface area (Å²) < 4.78 is 0. The largest absolute Gasteiger partial charge is 0.324 e. The van der Waals surface area contributed by atoms with Gasteiger partial charge in [0.2, 0.25) is 11.8 Å². The molecule has 5 heteroatoms. The van der Waals surface area contributed by atoms with E-state index in [1.165, 1.54) is 39.0 Å². The van der Waals surface area contributed by atoms with Gasteiger partial charge in [0.15, 0.2) is 0 Å². The highest BCUT2D eigenvalue weighted by Gasteiger charge is 2.22. The molecule has 0 bridgehead atoms. The summed E-state index contributed by atoms with van der Waals surface area (Å²) >= 11 is 5.96. The lowest BCUT2D eigenvalue weighted by molar-refractivity contribution is -0.117. The molecular formula is C18H25ClN2O2. The molecule has 1 atom stereocenters. The van der Waals surface area contributed by atoms with Gasteiger partial charge in [0.05, 0.1) is 11.4 Å². The van der Waals surface area contributed by atoms with Crippen molar-refractivity contribution in [3.63, 3.8) is 0 Å². The fourth-order valence-electron chi connectivity index (χ4n) is 3.28. The second-order valence-electron chi connectivity index (χ2n) is 6.50. The summed E-state index contributed by atoms with van der Waals surface area (Å²) in [5.41, 5.74) is 1.12. The standard InChI is InChI=1S/C18H25ClN2O2/c1-12(14-6-4-3-5-7-14)10-18(23)21-16-9-8-15(19)11-17(16)20-13(2)22/h8-9,11-12,14H,3-7,10H2,1-2H3,(H,20,22)(H,21,23). The van der Waals surface area contributed by atoms with Crippen molar-refractivity contribution < 1.29 is 9.59 Å². The van der Waals surface area contributed by atoms with E-state index >= 15 is 0 Å². The Bertz CT molecular complexity index is 568. The van der Waals surface area contributed by atoms with Gasteiger partial charge in [0.1, 0.15) is 0 Å². The van der Waals surface area contributed by atoms with E-state index in [2.05, 4.69) is 17.6 Å². The Balaban J connectivity index is 1.97. The molecule has 1 fully saturated rings. The molecule has 1 unspecified atom stereocenters. The molecule has 1 saturated carbocycles. The van der Waals surface area contributed by atoms with Gasteiger partial charge in [-0.15, -0.1) is 0 Å². The average molecular weight is 337 g/mol. The third kappa shape index (κ3) is 5.54. The smallest absolute Gasteiger partial charge is 0.224 e. The Kier molecular flexibility index (Phi) is 6.46. The number of hydrogen-bond donors (Lipinski definition) is 2. The monoisotopic (exact) mass is 336 g/mol. The van der Waals surface area contributed by atoms with Crippen LogP contribution in [0.5, 0.6) is 0 Å². The zero-order chi connectivity index (χ0) is 16.8. The second-order valence-corrected chi connectivity index (χ2v) is 6.94. The Morgan fingerprint density at radius 2 is 1.87 bits per heavy atom. The van der Waals surface area contributed by atoms with E-state index in [4.69, 9.17) is 11.6 Å². The Labute approximate surface area is 143 Å². The first-order valence-corrected chi connectivity index (χ1v) is 8.70. The molecule has 0 saturated heterocycles. The van der Waals surface area contributed by atoms with Crippen LogP contribution in [0.2, 0.25) is 5.02 Å². The lowest BCUT2D eigenvalue weighted by atomic mass is 9.79. The summed E-state index contributed by atoms with van der Waals surface area (Å²) in [6.45, 7) is 3.59. The fourth-order valence-corrected chi connectivity index (χ4v) is 3.45. The second kappa shape index (κ2) is 8.34. The maximum absolute atomic E-state index is 12.3. The van der Waals surface area contributed by atoms with Crippen LogP contribution in [0.25, 0.3) is 0 Å².